The largest absolute Gasteiger partial charge is 0.249 e. The summed E-state index contributed by atoms with van der Waals surface area (Å²) in [5.41, 5.74) is 3.49. The van der Waals surface area contributed by atoms with Crippen molar-refractivity contribution in [3.05, 3.63) is 16.1 Å². The lowest BCUT2D eigenvalue weighted by atomic mass is 9.73. The summed E-state index contributed by atoms with van der Waals surface area (Å²) < 4.78 is 0. The standard InChI is InChI=1S/C9H11NS/c1-3-7-4-2-6(1)8-9(7)11-5-10-8/h5-7H,1-4H2. The minimum absolute atomic E-state index is 0.834. The molecule has 0 aromatic carbocycles. The molecule has 2 bridgehead atoms. The number of nitrogens with zero attached hydrogens (tertiary/aromatic N) is 1. The van der Waals surface area contributed by atoms with Crippen LogP contribution in [-0.4, -0.2) is 4.98 Å². The normalized spacial score (nSPS) is 33.8. The Morgan fingerprint density at radius 3 is 2.64 bits per heavy atom. The van der Waals surface area contributed by atoms with Crippen molar-refractivity contribution < 1.29 is 0 Å². The lowest BCUT2D eigenvalue weighted by Gasteiger charge is -2.34. The van der Waals surface area contributed by atoms with Gasteiger partial charge < -0.3 is 0 Å². The van der Waals surface area contributed by atoms with Crippen LogP contribution in [0.5, 0.6) is 0 Å². The summed E-state index contributed by atoms with van der Waals surface area (Å²) >= 11 is 1.88. The molecule has 0 N–H and O–H groups in total. The first-order valence-electron chi connectivity index (χ1n) is 4.38. The van der Waals surface area contributed by atoms with Crippen LogP contribution in [-0.2, 0) is 0 Å². The maximum Gasteiger partial charge on any atom is 0.0797 e. The van der Waals surface area contributed by atoms with Gasteiger partial charge in [-0.05, 0) is 31.6 Å². The smallest absolute Gasteiger partial charge is 0.0797 e. The van der Waals surface area contributed by atoms with E-state index in [0.717, 1.165) is 11.8 Å². The minimum atomic E-state index is 0.834. The van der Waals surface area contributed by atoms with Gasteiger partial charge in [-0.15, -0.1) is 11.3 Å². The van der Waals surface area contributed by atoms with Crippen molar-refractivity contribution in [2.45, 2.75) is 37.5 Å². The van der Waals surface area contributed by atoms with E-state index in [-0.39, 0.29) is 0 Å². The van der Waals surface area contributed by atoms with Crippen molar-refractivity contribution in [2.24, 2.45) is 0 Å². The van der Waals surface area contributed by atoms with Crippen molar-refractivity contribution in [1.29, 1.82) is 0 Å². The molecule has 0 spiro atoms. The highest BCUT2D eigenvalue weighted by Gasteiger charge is 2.34. The molecule has 0 saturated heterocycles. The maximum absolute atomic E-state index is 4.46. The Hall–Kier alpha value is -0.370. The molecule has 1 aromatic heterocycles. The quantitative estimate of drug-likeness (QED) is 0.576. The molecule has 4 rings (SSSR count). The topological polar surface area (TPSA) is 12.9 Å². The maximum atomic E-state index is 4.46. The number of fused-ring (bicyclic) bond motifs is 2. The Morgan fingerprint density at radius 2 is 1.91 bits per heavy atom. The summed E-state index contributed by atoms with van der Waals surface area (Å²) in [7, 11) is 0. The van der Waals surface area contributed by atoms with Crippen molar-refractivity contribution in [3.63, 3.8) is 0 Å². The van der Waals surface area contributed by atoms with Gasteiger partial charge in [-0.3, -0.25) is 0 Å². The average Bonchev–Trinajstić information content (AvgIpc) is 2.55. The van der Waals surface area contributed by atoms with Gasteiger partial charge in [0, 0.05) is 10.8 Å². The van der Waals surface area contributed by atoms with E-state index in [9.17, 15) is 0 Å². The fraction of sp³-hybridized carbons (Fsp3) is 0.667. The highest BCUT2D eigenvalue weighted by Crippen LogP contribution is 2.50. The number of hydrogen-bond acceptors (Lipinski definition) is 2. The third-order valence-corrected chi connectivity index (χ3v) is 4.12. The first-order valence-corrected chi connectivity index (χ1v) is 5.26. The molecule has 2 heteroatoms. The zero-order valence-corrected chi connectivity index (χ0v) is 7.23. The third kappa shape index (κ3) is 0.734. The Morgan fingerprint density at radius 1 is 1.18 bits per heavy atom. The van der Waals surface area contributed by atoms with Gasteiger partial charge in [-0.1, -0.05) is 0 Å². The van der Waals surface area contributed by atoms with Gasteiger partial charge in [0.05, 0.1) is 11.2 Å². The van der Waals surface area contributed by atoms with E-state index < -0.39 is 0 Å². The fourth-order valence-corrected chi connectivity index (χ4v) is 3.55. The molecule has 11 heavy (non-hydrogen) atoms. The Labute approximate surface area is 70.5 Å². The van der Waals surface area contributed by atoms with E-state index in [4.69, 9.17) is 0 Å². The lowest BCUT2D eigenvalue weighted by Crippen LogP contribution is -2.20. The van der Waals surface area contributed by atoms with Crippen LogP contribution in [0.25, 0.3) is 0 Å². The predicted octanol–water partition coefficient (Wildman–Crippen LogP) is 2.90. The SMILES string of the molecule is c1nc2c(s1)C1CCC2CC1. The van der Waals surface area contributed by atoms with Crippen LogP contribution >= 0.6 is 11.3 Å². The summed E-state index contributed by atoms with van der Waals surface area (Å²) in [6.07, 6.45) is 5.67. The molecule has 1 saturated carbocycles. The zero-order valence-electron chi connectivity index (χ0n) is 6.42. The van der Waals surface area contributed by atoms with Gasteiger partial charge in [-0.2, -0.15) is 0 Å². The number of aromatic nitrogens is 1. The van der Waals surface area contributed by atoms with Gasteiger partial charge in [0.25, 0.3) is 0 Å². The summed E-state index contributed by atoms with van der Waals surface area (Å²) in [6.45, 7) is 0. The number of hydrogen-bond donors (Lipinski definition) is 0. The Kier molecular flexibility index (Phi) is 1.16. The molecule has 1 fully saturated rings. The average molecular weight is 165 g/mol. The van der Waals surface area contributed by atoms with Crippen molar-refractivity contribution >= 4 is 11.3 Å². The summed E-state index contributed by atoms with van der Waals surface area (Å²) in [4.78, 5) is 6.08. The minimum Gasteiger partial charge on any atom is -0.249 e. The molecule has 0 aliphatic heterocycles. The van der Waals surface area contributed by atoms with E-state index in [1.165, 1.54) is 31.4 Å². The van der Waals surface area contributed by atoms with Gasteiger partial charge in [-0.25, -0.2) is 4.98 Å². The summed E-state index contributed by atoms with van der Waals surface area (Å²) in [6, 6.07) is 0. The van der Waals surface area contributed by atoms with Gasteiger partial charge in [0.1, 0.15) is 0 Å². The molecule has 1 nitrogen and oxygen atoms in total. The van der Waals surface area contributed by atoms with Crippen molar-refractivity contribution in [2.75, 3.05) is 0 Å². The second kappa shape index (κ2) is 2.07. The molecule has 58 valence electrons. The lowest BCUT2D eigenvalue weighted by molar-refractivity contribution is 0.358. The highest BCUT2D eigenvalue weighted by atomic mass is 32.1. The second-order valence-corrected chi connectivity index (χ2v) is 4.54. The molecule has 0 atom stereocenters. The van der Waals surface area contributed by atoms with Crippen LogP contribution in [0.3, 0.4) is 0 Å². The molecule has 0 unspecified atom stereocenters. The molecular weight excluding hydrogens is 154 g/mol. The number of rotatable bonds is 0. The van der Waals surface area contributed by atoms with E-state index >= 15 is 0 Å². The fourth-order valence-electron chi connectivity index (χ4n) is 2.50. The van der Waals surface area contributed by atoms with Crippen LogP contribution in [0.15, 0.2) is 5.51 Å². The molecule has 3 aliphatic carbocycles. The van der Waals surface area contributed by atoms with Gasteiger partial charge in [0.15, 0.2) is 0 Å². The van der Waals surface area contributed by atoms with Gasteiger partial charge >= 0.3 is 0 Å². The van der Waals surface area contributed by atoms with E-state index in [2.05, 4.69) is 4.98 Å². The molecule has 0 amide bonds. The summed E-state index contributed by atoms with van der Waals surface area (Å²) in [5.74, 6) is 1.73. The zero-order chi connectivity index (χ0) is 7.26. The third-order valence-electron chi connectivity index (χ3n) is 3.11. The van der Waals surface area contributed by atoms with Crippen LogP contribution in [0.4, 0.5) is 0 Å². The van der Waals surface area contributed by atoms with E-state index in [1.54, 1.807) is 4.88 Å². The molecular formula is C9H11NS. The van der Waals surface area contributed by atoms with Crippen LogP contribution in [0.1, 0.15) is 48.1 Å². The van der Waals surface area contributed by atoms with Crippen LogP contribution in [0.2, 0.25) is 0 Å². The molecule has 3 aliphatic rings. The molecule has 0 radical (unpaired) electrons. The molecule has 1 heterocycles. The first-order chi connectivity index (χ1) is 5.45. The predicted molar refractivity (Wildman–Crippen MR) is 46.1 cm³/mol. The Bertz CT molecular complexity index is 244. The second-order valence-electron chi connectivity index (χ2n) is 3.65. The van der Waals surface area contributed by atoms with Crippen LogP contribution in [0, 0.1) is 0 Å². The van der Waals surface area contributed by atoms with Gasteiger partial charge in [0.2, 0.25) is 0 Å². The van der Waals surface area contributed by atoms with Crippen molar-refractivity contribution in [3.8, 4) is 0 Å². The van der Waals surface area contributed by atoms with Crippen molar-refractivity contribution in [1.82, 2.24) is 4.98 Å². The number of thiazole rings is 1. The van der Waals surface area contributed by atoms with Crippen LogP contribution < -0.4 is 0 Å². The first kappa shape index (κ1) is 6.18. The van der Waals surface area contributed by atoms with E-state index in [0.29, 0.717) is 0 Å². The highest BCUT2D eigenvalue weighted by molar-refractivity contribution is 7.09. The van der Waals surface area contributed by atoms with E-state index in [1.807, 2.05) is 16.8 Å². The monoisotopic (exact) mass is 165 g/mol. The Balaban J connectivity index is 2.19. The summed E-state index contributed by atoms with van der Waals surface area (Å²) in [5, 5.41) is 0. The molecule has 1 aromatic rings.